The average Bonchev–Trinajstić information content (AvgIpc) is 3.00. The lowest BCUT2D eigenvalue weighted by Gasteiger charge is -2.07. The van der Waals surface area contributed by atoms with E-state index in [4.69, 9.17) is 11.6 Å². The zero-order valence-corrected chi connectivity index (χ0v) is 14.9. The molecule has 3 aromatic rings. The summed E-state index contributed by atoms with van der Waals surface area (Å²) >= 11 is 11.3. The average molecular weight is 396 g/mol. The molecule has 0 aliphatic rings. The van der Waals surface area contributed by atoms with Gasteiger partial charge in [0.25, 0.3) is 0 Å². The minimum Gasteiger partial charge on any atom is -0.272 e. The van der Waals surface area contributed by atoms with Crippen LogP contribution in [0.25, 0.3) is 11.3 Å². The molecule has 0 fully saturated rings. The summed E-state index contributed by atoms with van der Waals surface area (Å²) in [5.41, 5.74) is 1.79. The number of hydrogen-bond acceptors (Lipinski definition) is 4. The molecule has 0 radical (unpaired) electrons. The lowest BCUT2D eigenvalue weighted by atomic mass is 10.1. The van der Waals surface area contributed by atoms with Crippen molar-refractivity contribution < 1.29 is 0 Å². The first-order chi connectivity index (χ1) is 10.7. The van der Waals surface area contributed by atoms with Crippen LogP contribution < -0.4 is 0 Å². The van der Waals surface area contributed by atoms with Gasteiger partial charge in [-0.05, 0) is 35.0 Å². The highest BCUT2D eigenvalue weighted by atomic mass is 79.9. The molecule has 0 saturated heterocycles. The summed E-state index contributed by atoms with van der Waals surface area (Å²) in [6.45, 7) is 2.89. The van der Waals surface area contributed by atoms with Crippen LogP contribution >= 0.6 is 39.3 Å². The second-order valence-electron chi connectivity index (χ2n) is 4.45. The second kappa shape index (κ2) is 6.81. The van der Waals surface area contributed by atoms with Gasteiger partial charge in [0.15, 0.2) is 0 Å². The first-order valence-electron chi connectivity index (χ1n) is 6.65. The molecule has 2 aromatic heterocycles. The van der Waals surface area contributed by atoms with Gasteiger partial charge in [0.2, 0.25) is 0 Å². The van der Waals surface area contributed by atoms with Crippen molar-refractivity contribution in [1.29, 1.82) is 0 Å². The molecule has 0 unspecified atom stereocenters. The number of aryl methyl sites for hydroxylation is 1. The first kappa shape index (κ1) is 15.5. The van der Waals surface area contributed by atoms with Crippen LogP contribution in [-0.2, 0) is 6.54 Å². The smallest absolute Gasteiger partial charge is 0.124 e. The molecule has 0 amide bonds. The molecular weight excluding hydrogens is 384 g/mol. The summed E-state index contributed by atoms with van der Waals surface area (Å²) in [7, 11) is 0. The molecule has 2 heterocycles. The van der Waals surface area contributed by atoms with Crippen LogP contribution in [0, 0.1) is 0 Å². The van der Waals surface area contributed by atoms with E-state index in [2.05, 4.69) is 37.9 Å². The van der Waals surface area contributed by atoms with Gasteiger partial charge in [-0.25, -0.2) is 9.97 Å². The van der Waals surface area contributed by atoms with Crippen LogP contribution in [0.3, 0.4) is 0 Å². The van der Waals surface area contributed by atoms with Gasteiger partial charge in [-0.15, -0.1) is 0 Å². The Balaban J connectivity index is 1.93. The van der Waals surface area contributed by atoms with Gasteiger partial charge in [-0.2, -0.15) is 5.10 Å². The molecule has 0 bridgehead atoms. The normalized spacial score (nSPS) is 10.9. The molecule has 112 valence electrons. The summed E-state index contributed by atoms with van der Waals surface area (Å²) in [4.78, 5) is 9.42. The van der Waals surface area contributed by atoms with Crippen LogP contribution in [0.5, 0.6) is 0 Å². The molecule has 0 aliphatic carbocycles. The maximum absolute atomic E-state index is 6.55. The molecule has 0 spiro atoms. The maximum Gasteiger partial charge on any atom is 0.124 e. The quantitative estimate of drug-likeness (QED) is 0.628. The fourth-order valence-corrected chi connectivity index (χ4v) is 3.26. The Morgan fingerprint density at radius 1 is 1.23 bits per heavy atom. The van der Waals surface area contributed by atoms with Gasteiger partial charge >= 0.3 is 0 Å². The highest BCUT2D eigenvalue weighted by Crippen LogP contribution is 2.37. The summed E-state index contributed by atoms with van der Waals surface area (Å²) in [6, 6.07) is 7.89. The first-order valence-corrected chi connectivity index (χ1v) is 8.64. The van der Waals surface area contributed by atoms with E-state index in [0.717, 1.165) is 27.7 Å². The molecular formula is C15H12BrClN4S. The van der Waals surface area contributed by atoms with E-state index in [1.54, 1.807) is 12.4 Å². The minimum absolute atomic E-state index is 0.679. The topological polar surface area (TPSA) is 43.6 Å². The van der Waals surface area contributed by atoms with Gasteiger partial charge in [0.1, 0.15) is 9.63 Å². The zero-order chi connectivity index (χ0) is 15.5. The third-order valence-electron chi connectivity index (χ3n) is 3.02. The minimum atomic E-state index is 0.679. The van der Waals surface area contributed by atoms with Crippen LogP contribution in [0.1, 0.15) is 6.92 Å². The Morgan fingerprint density at radius 2 is 2.09 bits per heavy atom. The second-order valence-corrected chi connectivity index (χ2v) is 6.71. The molecule has 3 rings (SSSR count). The standard InChI is InChI=1S/C15H12BrClN4S/c1-2-21-7-6-11(20-21)10-4-3-5-12(15(10)17)22-14-9-18-13(16)8-19-14/h3-9H,2H2,1H3. The summed E-state index contributed by atoms with van der Waals surface area (Å²) in [6.07, 6.45) is 5.33. The van der Waals surface area contributed by atoms with Crippen molar-refractivity contribution in [2.75, 3.05) is 0 Å². The van der Waals surface area contributed by atoms with Crippen LogP contribution in [0.2, 0.25) is 5.02 Å². The molecule has 4 nitrogen and oxygen atoms in total. The van der Waals surface area contributed by atoms with Gasteiger partial charge in [-0.3, -0.25) is 4.68 Å². The van der Waals surface area contributed by atoms with Gasteiger partial charge in [0.05, 0.1) is 23.1 Å². The molecule has 0 saturated carbocycles. The van der Waals surface area contributed by atoms with E-state index in [9.17, 15) is 0 Å². The summed E-state index contributed by atoms with van der Waals surface area (Å²) in [5, 5.41) is 5.98. The number of rotatable bonds is 4. The number of hydrogen-bond donors (Lipinski definition) is 0. The maximum atomic E-state index is 6.55. The molecule has 7 heteroatoms. The van der Waals surface area contributed by atoms with Crippen molar-refractivity contribution >= 4 is 39.3 Å². The highest BCUT2D eigenvalue weighted by Gasteiger charge is 2.12. The Labute approximate surface area is 146 Å². The zero-order valence-electron chi connectivity index (χ0n) is 11.7. The lowest BCUT2D eigenvalue weighted by molar-refractivity contribution is 0.662. The third-order valence-corrected chi connectivity index (χ3v) is 4.92. The Hall–Kier alpha value is -1.37. The summed E-state index contributed by atoms with van der Waals surface area (Å²) < 4.78 is 2.59. The monoisotopic (exact) mass is 394 g/mol. The van der Waals surface area contributed by atoms with Crippen molar-refractivity contribution in [1.82, 2.24) is 19.7 Å². The van der Waals surface area contributed by atoms with Crippen molar-refractivity contribution in [3.63, 3.8) is 0 Å². The number of benzene rings is 1. The summed E-state index contributed by atoms with van der Waals surface area (Å²) in [5.74, 6) is 0. The van der Waals surface area contributed by atoms with E-state index < -0.39 is 0 Å². The predicted octanol–water partition coefficient (Wildman–Crippen LogP) is 4.93. The van der Waals surface area contributed by atoms with Gasteiger partial charge in [-0.1, -0.05) is 35.5 Å². The van der Waals surface area contributed by atoms with Crippen molar-refractivity contribution in [3.05, 3.63) is 52.5 Å². The van der Waals surface area contributed by atoms with E-state index in [1.807, 2.05) is 35.1 Å². The van der Waals surface area contributed by atoms with Crippen LogP contribution in [0.15, 0.2) is 57.4 Å². The molecule has 1 aromatic carbocycles. The van der Waals surface area contributed by atoms with E-state index in [0.29, 0.717) is 9.63 Å². The lowest BCUT2D eigenvalue weighted by Crippen LogP contribution is -1.94. The number of halogens is 2. The fourth-order valence-electron chi connectivity index (χ4n) is 1.93. The van der Waals surface area contributed by atoms with Crippen molar-refractivity contribution in [2.45, 2.75) is 23.4 Å². The number of aromatic nitrogens is 4. The van der Waals surface area contributed by atoms with Crippen molar-refractivity contribution in [3.8, 4) is 11.3 Å². The predicted molar refractivity (Wildman–Crippen MR) is 92.2 cm³/mol. The fraction of sp³-hybridized carbons (Fsp3) is 0.133. The molecule has 22 heavy (non-hydrogen) atoms. The van der Waals surface area contributed by atoms with E-state index in [1.165, 1.54) is 11.8 Å². The van der Waals surface area contributed by atoms with E-state index >= 15 is 0 Å². The third kappa shape index (κ3) is 3.34. The van der Waals surface area contributed by atoms with Gasteiger partial charge in [0, 0.05) is 23.2 Å². The molecule has 0 N–H and O–H groups in total. The molecule has 0 aliphatic heterocycles. The van der Waals surface area contributed by atoms with Gasteiger partial charge < -0.3 is 0 Å². The van der Waals surface area contributed by atoms with Crippen LogP contribution in [0.4, 0.5) is 0 Å². The highest BCUT2D eigenvalue weighted by molar-refractivity contribution is 9.10. The molecule has 0 atom stereocenters. The number of nitrogens with zero attached hydrogens (tertiary/aromatic N) is 4. The Kier molecular flexibility index (Phi) is 4.81. The Morgan fingerprint density at radius 3 is 2.77 bits per heavy atom. The van der Waals surface area contributed by atoms with E-state index in [-0.39, 0.29) is 0 Å². The SMILES string of the molecule is CCn1ccc(-c2cccc(Sc3cnc(Br)cn3)c2Cl)n1. The van der Waals surface area contributed by atoms with Crippen molar-refractivity contribution in [2.24, 2.45) is 0 Å². The largest absolute Gasteiger partial charge is 0.272 e. The van der Waals surface area contributed by atoms with Crippen LogP contribution in [-0.4, -0.2) is 19.7 Å². The Bertz CT molecular complexity index is 788.